The number of carbonyl (C=O) groups excluding carboxylic acids is 3. The molecule has 2 N–H and O–H groups in total. The Kier molecular flexibility index (Phi) is 5.47. The van der Waals surface area contributed by atoms with Gasteiger partial charge in [0, 0.05) is 10.2 Å². The number of benzene rings is 2. The van der Waals surface area contributed by atoms with Crippen LogP contribution in [0.25, 0.3) is 0 Å². The van der Waals surface area contributed by atoms with Gasteiger partial charge in [0.1, 0.15) is 12.1 Å². The molecular formula is C20H17BrN4O3. The van der Waals surface area contributed by atoms with E-state index in [-0.39, 0.29) is 6.42 Å². The Bertz CT molecular complexity index is 984. The third-order valence-electron chi connectivity index (χ3n) is 4.50. The van der Waals surface area contributed by atoms with Crippen molar-refractivity contribution in [2.75, 3.05) is 11.9 Å². The van der Waals surface area contributed by atoms with E-state index < -0.39 is 29.9 Å². The second kappa shape index (κ2) is 7.82. The summed E-state index contributed by atoms with van der Waals surface area (Å²) in [6.45, 7) is 1.22. The van der Waals surface area contributed by atoms with E-state index in [0.717, 1.165) is 14.9 Å². The van der Waals surface area contributed by atoms with Crippen LogP contribution in [0.5, 0.6) is 0 Å². The van der Waals surface area contributed by atoms with Gasteiger partial charge in [0.05, 0.1) is 12.5 Å². The van der Waals surface area contributed by atoms with Gasteiger partial charge < -0.3 is 10.6 Å². The number of rotatable bonds is 5. The number of imide groups is 1. The molecule has 1 saturated heterocycles. The maximum Gasteiger partial charge on any atom is 0.325 e. The quantitative estimate of drug-likeness (QED) is 0.697. The molecule has 1 atom stereocenters. The fraction of sp³-hybridized carbons (Fsp3) is 0.200. The molecule has 8 heteroatoms. The Hall–Kier alpha value is -3.18. The largest absolute Gasteiger partial charge is 0.325 e. The van der Waals surface area contributed by atoms with E-state index >= 15 is 0 Å². The number of urea groups is 1. The van der Waals surface area contributed by atoms with Crippen LogP contribution in [0.1, 0.15) is 18.1 Å². The standard InChI is InChI=1S/C20H17BrN4O3/c1-20(14-3-2-4-15(21)11-14)18(27)25(19(28)24-20)12-17(26)23-16-7-5-13(6-8-16)9-10-22/h2-8,11H,9,12H2,1H3,(H,23,26)(H,24,28). The molecule has 3 rings (SSSR count). The summed E-state index contributed by atoms with van der Waals surface area (Å²) >= 11 is 3.36. The molecule has 0 bridgehead atoms. The van der Waals surface area contributed by atoms with Gasteiger partial charge in [-0.05, 0) is 42.3 Å². The maximum atomic E-state index is 12.9. The summed E-state index contributed by atoms with van der Waals surface area (Å²) < 4.78 is 0.782. The van der Waals surface area contributed by atoms with Gasteiger partial charge in [-0.3, -0.25) is 14.5 Å². The molecule has 2 aromatic rings. The molecule has 4 amide bonds. The molecule has 142 valence electrons. The molecule has 0 aromatic heterocycles. The van der Waals surface area contributed by atoms with Crippen LogP contribution in [-0.2, 0) is 21.5 Å². The van der Waals surface area contributed by atoms with Gasteiger partial charge in [0.25, 0.3) is 5.91 Å². The van der Waals surface area contributed by atoms with Gasteiger partial charge in [-0.25, -0.2) is 4.79 Å². The minimum atomic E-state index is -1.24. The van der Waals surface area contributed by atoms with Crippen LogP contribution in [-0.4, -0.2) is 29.3 Å². The van der Waals surface area contributed by atoms with Gasteiger partial charge >= 0.3 is 6.03 Å². The monoisotopic (exact) mass is 440 g/mol. The van der Waals surface area contributed by atoms with E-state index in [1.807, 2.05) is 12.1 Å². The van der Waals surface area contributed by atoms with Crippen molar-refractivity contribution < 1.29 is 14.4 Å². The molecule has 1 aliphatic heterocycles. The molecule has 1 heterocycles. The fourth-order valence-corrected chi connectivity index (χ4v) is 3.38. The van der Waals surface area contributed by atoms with Crippen LogP contribution in [0.2, 0.25) is 0 Å². The third kappa shape index (κ3) is 3.89. The molecule has 0 saturated carbocycles. The molecular weight excluding hydrogens is 424 g/mol. The van der Waals surface area contributed by atoms with Crippen molar-refractivity contribution in [3.05, 3.63) is 64.1 Å². The Labute approximate surface area is 170 Å². The minimum absolute atomic E-state index is 0.283. The minimum Gasteiger partial charge on any atom is -0.325 e. The van der Waals surface area contributed by atoms with Gasteiger partial charge in [0.2, 0.25) is 5.91 Å². The van der Waals surface area contributed by atoms with Crippen molar-refractivity contribution in [3.63, 3.8) is 0 Å². The lowest BCUT2D eigenvalue weighted by atomic mass is 9.92. The van der Waals surface area contributed by atoms with Crippen LogP contribution in [0.15, 0.2) is 53.0 Å². The van der Waals surface area contributed by atoms with Crippen molar-refractivity contribution in [2.24, 2.45) is 0 Å². The zero-order valence-electron chi connectivity index (χ0n) is 15.0. The number of halogens is 1. The topological polar surface area (TPSA) is 102 Å². The number of anilines is 1. The van der Waals surface area contributed by atoms with Crippen molar-refractivity contribution in [3.8, 4) is 6.07 Å². The molecule has 1 aliphatic rings. The van der Waals surface area contributed by atoms with Crippen LogP contribution < -0.4 is 10.6 Å². The Morgan fingerprint density at radius 1 is 1.25 bits per heavy atom. The lowest BCUT2D eigenvalue weighted by molar-refractivity contribution is -0.133. The number of carbonyl (C=O) groups is 3. The highest BCUT2D eigenvalue weighted by Gasteiger charge is 2.49. The number of nitrogens with one attached hydrogen (secondary N) is 2. The number of hydrogen-bond donors (Lipinski definition) is 2. The number of nitriles is 1. The summed E-state index contributed by atoms with van der Waals surface area (Å²) in [6.07, 6.45) is 0.283. The average molecular weight is 441 g/mol. The van der Waals surface area contributed by atoms with Gasteiger partial charge in [-0.15, -0.1) is 0 Å². The lowest BCUT2D eigenvalue weighted by Gasteiger charge is -2.22. The number of amides is 4. The molecule has 7 nitrogen and oxygen atoms in total. The predicted molar refractivity (Wildman–Crippen MR) is 106 cm³/mol. The molecule has 28 heavy (non-hydrogen) atoms. The molecule has 0 radical (unpaired) electrons. The molecule has 1 unspecified atom stereocenters. The first-order valence-electron chi connectivity index (χ1n) is 8.49. The highest BCUT2D eigenvalue weighted by atomic mass is 79.9. The Balaban J connectivity index is 1.70. The van der Waals surface area contributed by atoms with E-state index in [1.165, 1.54) is 0 Å². The SMILES string of the molecule is CC1(c2cccc(Br)c2)NC(=O)N(CC(=O)Nc2ccc(CC#N)cc2)C1=O. The Morgan fingerprint density at radius 2 is 1.96 bits per heavy atom. The van der Waals surface area contributed by atoms with E-state index in [1.54, 1.807) is 49.4 Å². The van der Waals surface area contributed by atoms with Crippen LogP contribution >= 0.6 is 15.9 Å². The smallest absolute Gasteiger partial charge is 0.325 e. The van der Waals surface area contributed by atoms with E-state index in [9.17, 15) is 14.4 Å². The van der Waals surface area contributed by atoms with Gasteiger partial charge in [-0.1, -0.05) is 40.2 Å². The second-order valence-electron chi connectivity index (χ2n) is 6.54. The van der Waals surface area contributed by atoms with Gasteiger partial charge in [0.15, 0.2) is 0 Å². The fourth-order valence-electron chi connectivity index (χ4n) is 2.98. The van der Waals surface area contributed by atoms with Crippen molar-refractivity contribution in [1.29, 1.82) is 5.26 Å². The third-order valence-corrected chi connectivity index (χ3v) is 4.99. The molecule has 2 aromatic carbocycles. The Morgan fingerprint density at radius 3 is 2.61 bits per heavy atom. The molecule has 1 fully saturated rings. The van der Waals surface area contributed by atoms with E-state index in [2.05, 4.69) is 26.6 Å². The van der Waals surface area contributed by atoms with Crippen molar-refractivity contribution in [1.82, 2.24) is 10.2 Å². The number of nitrogens with zero attached hydrogens (tertiary/aromatic N) is 2. The predicted octanol–water partition coefficient (Wildman–Crippen LogP) is 2.92. The first-order chi connectivity index (χ1) is 13.3. The first kappa shape index (κ1) is 19.6. The average Bonchev–Trinajstić information content (AvgIpc) is 2.88. The first-order valence-corrected chi connectivity index (χ1v) is 9.28. The van der Waals surface area contributed by atoms with Gasteiger partial charge in [-0.2, -0.15) is 5.26 Å². The summed E-state index contributed by atoms with van der Waals surface area (Å²) in [7, 11) is 0. The van der Waals surface area contributed by atoms with Crippen LogP contribution in [0.4, 0.5) is 10.5 Å². The zero-order chi connectivity index (χ0) is 20.3. The summed E-state index contributed by atoms with van der Waals surface area (Å²) in [5.74, 6) is -0.981. The summed E-state index contributed by atoms with van der Waals surface area (Å²) in [5, 5.41) is 14.0. The van der Waals surface area contributed by atoms with E-state index in [0.29, 0.717) is 11.3 Å². The summed E-state index contributed by atoms with van der Waals surface area (Å²) in [4.78, 5) is 38.4. The zero-order valence-corrected chi connectivity index (χ0v) is 16.6. The molecule has 0 spiro atoms. The normalized spacial score (nSPS) is 18.5. The maximum absolute atomic E-state index is 12.9. The molecule has 0 aliphatic carbocycles. The second-order valence-corrected chi connectivity index (χ2v) is 7.45. The highest BCUT2D eigenvalue weighted by molar-refractivity contribution is 9.10. The number of hydrogen-bond acceptors (Lipinski definition) is 4. The lowest BCUT2D eigenvalue weighted by Crippen LogP contribution is -2.42. The van der Waals surface area contributed by atoms with Crippen LogP contribution in [0.3, 0.4) is 0 Å². The van der Waals surface area contributed by atoms with E-state index in [4.69, 9.17) is 5.26 Å². The van der Waals surface area contributed by atoms with Crippen molar-refractivity contribution >= 4 is 39.5 Å². The summed E-state index contributed by atoms with van der Waals surface area (Å²) in [5.41, 5.74) is 0.740. The summed E-state index contributed by atoms with van der Waals surface area (Å²) in [6, 6.07) is 15.3. The van der Waals surface area contributed by atoms with Crippen LogP contribution in [0, 0.1) is 11.3 Å². The highest BCUT2D eigenvalue weighted by Crippen LogP contribution is 2.30. The van der Waals surface area contributed by atoms with Crippen molar-refractivity contribution in [2.45, 2.75) is 18.9 Å².